The van der Waals surface area contributed by atoms with E-state index in [1.54, 1.807) is 13.0 Å². The van der Waals surface area contributed by atoms with Crippen molar-refractivity contribution in [2.75, 3.05) is 6.61 Å². The van der Waals surface area contributed by atoms with Crippen molar-refractivity contribution in [1.82, 2.24) is 8.96 Å². The van der Waals surface area contributed by atoms with Gasteiger partial charge in [-0.1, -0.05) is 0 Å². The van der Waals surface area contributed by atoms with Gasteiger partial charge in [0.1, 0.15) is 6.07 Å². The van der Waals surface area contributed by atoms with Crippen LogP contribution in [0.5, 0.6) is 0 Å². The van der Waals surface area contributed by atoms with E-state index >= 15 is 0 Å². The fraction of sp³-hybridized carbons (Fsp3) is 0.286. The molecule has 0 fully saturated rings. The molecule has 1 aromatic rings. The quantitative estimate of drug-likeness (QED) is 0.711. The summed E-state index contributed by atoms with van der Waals surface area (Å²) < 4.78 is 17.7. The summed E-state index contributed by atoms with van der Waals surface area (Å²) in [5, 5.41) is 8.47. The van der Waals surface area contributed by atoms with Gasteiger partial charge in [0.15, 0.2) is 18.0 Å². The monoisotopic (exact) mass is 215 g/mol. The number of hydrogen-bond donors (Lipinski definition) is 0. The second-order valence-electron chi connectivity index (χ2n) is 2.18. The van der Waals surface area contributed by atoms with E-state index in [1.807, 2.05) is 0 Å². The van der Waals surface area contributed by atoms with Crippen molar-refractivity contribution in [2.24, 2.45) is 0 Å². The molecule has 1 rings (SSSR count). The minimum atomic E-state index is -0.751. The average Bonchev–Trinajstić information content (AvgIpc) is 2.61. The molecule has 0 aliphatic carbocycles. The van der Waals surface area contributed by atoms with Gasteiger partial charge in [-0.3, -0.25) is 0 Å². The largest absolute Gasteiger partial charge is 0.460 e. The lowest BCUT2D eigenvalue weighted by molar-refractivity contribution is 0.0511. The molecule has 0 aliphatic heterocycles. The highest BCUT2D eigenvalue weighted by molar-refractivity contribution is 7.92. The van der Waals surface area contributed by atoms with Crippen molar-refractivity contribution >= 4 is 18.3 Å². The fourth-order valence-electron chi connectivity index (χ4n) is 0.802. The number of nitriles is 1. The zero-order chi connectivity index (χ0) is 10.6. The van der Waals surface area contributed by atoms with Crippen LogP contribution < -0.4 is 0 Å². The zero-order valence-corrected chi connectivity index (χ0v) is 8.05. The van der Waals surface area contributed by atoms with Gasteiger partial charge in [0.05, 0.1) is 12.8 Å². The van der Waals surface area contributed by atoms with E-state index in [1.165, 1.54) is 0 Å². The zero-order valence-electron chi connectivity index (χ0n) is 7.23. The predicted octanol–water partition coefficient (Wildman–Crippen LogP) is 1.31. The first-order valence-electron chi connectivity index (χ1n) is 3.68. The van der Waals surface area contributed by atoms with Gasteiger partial charge in [0.2, 0.25) is 5.82 Å². The van der Waals surface area contributed by atoms with Gasteiger partial charge in [-0.2, -0.15) is 5.26 Å². The van der Waals surface area contributed by atoms with Crippen LogP contribution in [0.25, 0.3) is 0 Å². The molecule has 0 aliphatic rings. The summed E-state index contributed by atoms with van der Waals surface area (Å²) >= 11 is -0.212. The van der Waals surface area contributed by atoms with E-state index in [4.69, 9.17) is 5.26 Å². The molecule has 0 saturated heterocycles. The first-order valence-corrected chi connectivity index (χ1v) is 4.36. The summed E-state index contributed by atoms with van der Waals surface area (Å²) in [7, 11) is 0. The standard InChI is InChI=1S/C7H6FN3O2S/c1-2-13-7(12)6-10-5(3-9)4-11(6)14-8/h4H,2H2,1H3. The summed E-state index contributed by atoms with van der Waals surface area (Å²) in [6.45, 7) is 1.80. The van der Waals surface area contributed by atoms with Crippen LogP contribution in [-0.2, 0) is 4.74 Å². The molecule has 7 heteroatoms. The first kappa shape index (κ1) is 10.5. The Bertz CT molecular complexity index is 385. The van der Waals surface area contributed by atoms with Gasteiger partial charge in [-0.05, 0) is 6.92 Å². The molecule has 0 N–H and O–H groups in total. The number of carbonyl (C=O) groups is 1. The molecule has 0 bridgehead atoms. The van der Waals surface area contributed by atoms with Crippen LogP contribution >= 0.6 is 12.3 Å². The molecule has 0 aromatic carbocycles. The molecule has 5 nitrogen and oxygen atoms in total. The molecule has 14 heavy (non-hydrogen) atoms. The van der Waals surface area contributed by atoms with Gasteiger partial charge in [-0.15, -0.1) is 3.89 Å². The normalized spacial score (nSPS) is 9.50. The highest BCUT2D eigenvalue weighted by atomic mass is 32.2. The smallest absolute Gasteiger partial charge is 0.375 e. The number of rotatable bonds is 3. The van der Waals surface area contributed by atoms with E-state index in [-0.39, 0.29) is 30.5 Å². The van der Waals surface area contributed by atoms with Crippen LogP contribution in [0.2, 0.25) is 0 Å². The van der Waals surface area contributed by atoms with E-state index in [0.29, 0.717) is 0 Å². The van der Waals surface area contributed by atoms with E-state index < -0.39 is 5.97 Å². The first-order chi connectivity index (χ1) is 6.72. The van der Waals surface area contributed by atoms with Crippen molar-refractivity contribution in [3.8, 4) is 6.07 Å². The average molecular weight is 215 g/mol. The minimum absolute atomic E-state index is 0.0294. The predicted molar refractivity (Wildman–Crippen MR) is 47.0 cm³/mol. The van der Waals surface area contributed by atoms with Crippen molar-refractivity contribution in [1.29, 1.82) is 5.26 Å². The Labute approximate surface area is 83.9 Å². The lowest BCUT2D eigenvalue weighted by Crippen LogP contribution is -2.09. The third kappa shape index (κ3) is 2.03. The summed E-state index contributed by atoms with van der Waals surface area (Å²) in [5.74, 6) is -0.977. The Morgan fingerprint density at radius 3 is 3.14 bits per heavy atom. The Morgan fingerprint density at radius 1 is 1.93 bits per heavy atom. The van der Waals surface area contributed by atoms with Crippen LogP contribution in [0.15, 0.2) is 6.20 Å². The Morgan fingerprint density at radius 2 is 2.64 bits per heavy atom. The van der Waals surface area contributed by atoms with E-state index in [2.05, 4.69) is 9.72 Å². The van der Waals surface area contributed by atoms with E-state index in [9.17, 15) is 8.68 Å². The number of ether oxygens (including phenoxy) is 1. The van der Waals surface area contributed by atoms with Crippen LogP contribution in [-0.4, -0.2) is 21.5 Å². The number of imidazole rings is 1. The summed E-state index contributed by atoms with van der Waals surface area (Å²) in [6, 6.07) is 1.70. The van der Waals surface area contributed by atoms with Crippen LogP contribution in [0.1, 0.15) is 23.2 Å². The molecular weight excluding hydrogens is 209 g/mol. The maximum atomic E-state index is 12.3. The number of aromatic nitrogens is 2. The number of carbonyl (C=O) groups excluding carboxylic acids is 1. The van der Waals surface area contributed by atoms with Gasteiger partial charge in [0, 0.05) is 0 Å². The molecule has 0 unspecified atom stereocenters. The molecule has 1 heterocycles. The number of halogens is 1. The highest BCUT2D eigenvalue weighted by Gasteiger charge is 2.17. The number of hydrogen-bond acceptors (Lipinski definition) is 5. The van der Waals surface area contributed by atoms with Gasteiger partial charge < -0.3 is 4.74 Å². The Hall–Kier alpha value is -1.55. The Balaban J connectivity index is 3.01. The molecule has 0 saturated carbocycles. The lowest BCUT2D eigenvalue weighted by atomic mass is 10.5. The second-order valence-corrected chi connectivity index (χ2v) is 2.71. The van der Waals surface area contributed by atoms with Crippen molar-refractivity contribution < 1.29 is 13.4 Å². The topological polar surface area (TPSA) is 67.9 Å². The molecule has 1 aromatic heterocycles. The maximum absolute atomic E-state index is 12.3. The van der Waals surface area contributed by atoms with Crippen LogP contribution in [0.3, 0.4) is 0 Å². The second kappa shape index (κ2) is 4.62. The van der Waals surface area contributed by atoms with Crippen molar-refractivity contribution in [3.05, 3.63) is 17.7 Å². The van der Waals surface area contributed by atoms with Crippen LogP contribution in [0.4, 0.5) is 3.89 Å². The molecule has 0 amide bonds. The summed E-state index contributed by atoms with van der Waals surface area (Å²) in [6.07, 6.45) is 1.12. The molecular formula is C7H6FN3O2S. The van der Waals surface area contributed by atoms with E-state index in [0.717, 1.165) is 10.2 Å². The Kier molecular flexibility index (Phi) is 3.48. The highest BCUT2D eigenvalue weighted by Crippen LogP contribution is 2.13. The fourth-order valence-corrected chi connectivity index (χ4v) is 1.12. The van der Waals surface area contributed by atoms with Crippen molar-refractivity contribution in [3.63, 3.8) is 0 Å². The third-order valence-corrected chi connectivity index (χ3v) is 1.75. The maximum Gasteiger partial charge on any atom is 0.375 e. The molecule has 0 atom stereocenters. The molecule has 0 radical (unpaired) electrons. The summed E-state index contributed by atoms with van der Waals surface area (Å²) in [4.78, 5) is 14.7. The van der Waals surface area contributed by atoms with Crippen LogP contribution in [0, 0.1) is 11.3 Å². The third-order valence-electron chi connectivity index (χ3n) is 1.32. The number of esters is 1. The SMILES string of the molecule is CCOC(=O)c1nc(C#N)cn1SF. The van der Waals surface area contributed by atoms with Crippen molar-refractivity contribution in [2.45, 2.75) is 6.92 Å². The number of nitrogens with zero attached hydrogens (tertiary/aromatic N) is 3. The molecule has 74 valence electrons. The van der Waals surface area contributed by atoms with Gasteiger partial charge in [0.25, 0.3) is 0 Å². The van der Waals surface area contributed by atoms with Gasteiger partial charge in [-0.25, -0.2) is 13.8 Å². The lowest BCUT2D eigenvalue weighted by Gasteiger charge is -1.99. The summed E-state index contributed by atoms with van der Waals surface area (Å²) in [5.41, 5.74) is -0.0294. The van der Waals surface area contributed by atoms with Gasteiger partial charge >= 0.3 is 5.97 Å². The minimum Gasteiger partial charge on any atom is -0.460 e. The molecule has 0 spiro atoms.